The third-order valence-corrected chi connectivity index (χ3v) is 9.62. The average molecular weight is 489 g/mol. The van der Waals surface area contributed by atoms with Crippen LogP contribution in [0.3, 0.4) is 0 Å². The monoisotopic (exact) mass is 488 g/mol. The largest absolute Gasteiger partial charge is 0.379 e. The molecule has 2 saturated carbocycles. The highest BCUT2D eigenvalue weighted by molar-refractivity contribution is 7.89. The summed E-state index contributed by atoms with van der Waals surface area (Å²) >= 11 is 0. The predicted molar refractivity (Wildman–Crippen MR) is 130 cm³/mol. The Hall–Kier alpha value is -1.97. The summed E-state index contributed by atoms with van der Waals surface area (Å²) in [5.74, 6) is 1.83. The van der Waals surface area contributed by atoms with E-state index in [0.29, 0.717) is 56.7 Å². The predicted octanol–water partition coefficient (Wildman–Crippen LogP) is 3.10. The molecular formula is C25H36N4O4S. The maximum Gasteiger partial charge on any atom is 0.243 e. The fourth-order valence-corrected chi connectivity index (χ4v) is 6.90. The van der Waals surface area contributed by atoms with E-state index in [1.165, 1.54) is 17.1 Å². The molecular weight excluding hydrogens is 452 g/mol. The zero-order valence-corrected chi connectivity index (χ0v) is 21.1. The van der Waals surface area contributed by atoms with Gasteiger partial charge >= 0.3 is 0 Å². The molecule has 2 aliphatic carbocycles. The first-order valence-corrected chi connectivity index (χ1v) is 14.1. The number of ether oxygens (including phenoxy) is 1. The number of carbonyl (C=O) groups excluding carboxylic acids is 1. The van der Waals surface area contributed by atoms with Gasteiger partial charge in [-0.05, 0) is 62.6 Å². The lowest BCUT2D eigenvalue weighted by atomic mass is 9.86. The van der Waals surface area contributed by atoms with Crippen molar-refractivity contribution >= 4 is 27.0 Å². The zero-order chi connectivity index (χ0) is 23.9. The van der Waals surface area contributed by atoms with Gasteiger partial charge in [-0.3, -0.25) is 4.79 Å². The molecule has 0 N–H and O–H groups in total. The summed E-state index contributed by atoms with van der Waals surface area (Å²) in [4.78, 5) is 20.4. The number of rotatable bonds is 7. The van der Waals surface area contributed by atoms with E-state index in [-0.39, 0.29) is 10.8 Å². The molecule has 34 heavy (non-hydrogen) atoms. The van der Waals surface area contributed by atoms with Gasteiger partial charge in [-0.25, -0.2) is 13.4 Å². The van der Waals surface area contributed by atoms with Gasteiger partial charge in [0, 0.05) is 45.1 Å². The molecule has 186 valence electrons. The van der Waals surface area contributed by atoms with Crippen LogP contribution in [0, 0.1) is 5.92 Å². The Bertz CT molecular complexity index is 1140. The molecule has 0 spiro atoms. The quantitative estimate of drug-likeness (QED) is 0.598. The number of aromatic nitrogens is 2. The first-order valence-electron chi connectivity index (χ1n) is 12.7. The third-order valence-electron chi connectivity index (χ3n) is 7.72. The van der Waals surface area contributed by atoms with Crippen molar-refractivity contribution < 1.29 is 17.9 Å². The molecule has 0 atom stereocenters. The standard InChI is InChI=1S/C25H36N4O4S/c1-18-3-5-19(6-4-18)29(20-7-8-20)25(30)12-11-24-26-22-17-21(9-10-23(22)27(24)2)34(31,32)28-13-15-33-16-14-28/h9-10,17-20H,3-8,11-16H2,1-2H3. The molecule has 2 aromatic rings. The van der Waals surface area contributed by atoms with Crippen LogP contribution in [0.5, 0.6) is 0 Å². The van der Waals surface area contributed by atoms with E-state index in [2.05, 4.69) is 11.8 Å². The molecule has 1 aromatic carbocycles. The van der Waals surface area contributed by atoms with Gasteiger partial charge in [0.25, 0.3) is 0 Å². The maximum atomic E-state index is 13.3. The number of hydrogen-bond acceptors (Lipinski definition) is 5. The number of aryl methyl sites for hydroxylation is 2. The number of nitrogens with zero attached hydrogens (tertiary/aromatic N) is 4. The minimum atomic E-state index is -3.57. The average Bonchev–Trinajstić information content (AvgIpc) is 3.63. The molecule has 5 rings (SSSR count). The lowest BCUT2D eigenvalue weighted by Gasteiger charge is -2.36. The number of carbonyl (C=O) groups is 1. The van der Waals surface area contributed by atoms with Gasteiger partial charge in [-0.1, -0.05) is 6.92 Å². The van der Waals surface area contributed by atoms with Crippen LogP contribution in [-0.4, -0.2) is 71.5 Å². The van der Waals surface area contributed by atoms with Crippen molar-refractivity contribution in [2.45, 2.75) is 75.3 Å². The van der Waals surface area contributed by atoms with E-state index < -0.39 is 10.0 Å². The van der Waals surface area contributed by atoms with Crippen molar-refractivity contribution in [1.82, 2.24) is 18.8 Å². The van der Waals surface area contributed by atoms with Gasteiger partial charge in [0.15, 0.2) is 0 Å². The van der Waals surface area contributed by atoms with E-state index >= 15 is 0 Å². The second kappa shape index (κ2) is 9.59. The van der Waals surface area contributed by atoms with E-state index in [4.69, 9.17) is 9.72 Å². The molecule has 3 fully saturated rings. The zero-order valence-electron chi connectivity index (χ0n) is 20.3. The fraction of sp³-hybridized carbons (Fsp3) is 0.680. The highest BCUT2D eigenvalue weighted by Gasteiger charge is 2.38. The number of sulfonamides is 1. The number of benzene rings is 1. The molecule has 1 aromatic heterocycles. The van der Waals surface area contributed by atoms with Crippen molar-refractivity contribution in [1.29, 1.82) is 0 Å². The van der Waals surface area contributed by atoms with E-state index in [1.54, 1.807) is 12.1 Å². The summed E-state index contributed by atoms with van der Waals surface area (Å²) < 4.78 is 34.8. The summed E-state index contributed by atoms with van der Waals surface area (Å²) in [7, 11) is -1.63. The van der Waals surface area contributed by atoms with Gasteiger partial charge in [0.1, 0.15) is 5.82 Å². The smallest absolute Gasteiger partial charge is 0.243 e. The maximum absolute atomic E-state index is 13.3. The van der Waals surface area contributed by atoms with Crippen molar-refractivity contribution in [3.05, 3.63) is 24.0 Å². The molecule has 0 bridgehead atoms. The molecule has 2 heterocycles. The molecule has 1 amide bonds. The Morgan fingerprint density at radius 2 is 1.74 bits per heavy atom. The van der Waals surface area contributed by atoms with Crippen molar-refractivity contribution in [3.8, 4) is 0 Å². The minimum Gasteiger partial charge on any atom is -0.379 e. The summed E-state index contributed by atoms with van der Waals surface area (Å²) in [5, 5.41) is 0. The second-order valence-corrected chi connectivity index (χ2v) is 12.1. The van der Waals surface area contributed by atoms with Gasteiger partial charge in [0.05, 0.1) is 29.1 Å². The Kier molecular flexibility index (Phi) is 6.70. The Labute approximate surface area is 202 Å². The Balaban J connectivity index is 1.30. The molecule has 0 unspecified atom stereocenters. The summed E-state index contributed by atoms with van der Waals surface area (Å²) in [6, 6.07) is 5.96. The van der Waals surface area contributed by atoms with Gasteiger partial charge in [0.2, 0.25) is 15.9 Å². The number of fused-ring (bicyclic) bond motifs is 1. The summed E-state index contributed by atoms with van der Waals surface area (Å²) in [6.45, 7) is 3.88. The first-order chi connectivity index (χ1) is 16.3. The van der Waals surface area contributed by atoms with Crippen molar-refractivity contribution in [2.75, 3.05) is 26.3 Å². The normalized spacial score (nSPS) is 24.4. The lowest BCUT2D eigenvalue weighted by molar-refractivity contribution is -0.135. The highest BCUT2D eigenvalue weighted by Crippen LogP contribution is 2.36. The Morgan fingerprint density at radius 3 is 2.38 bits per heavy atom. The van der Waals surface area contributed by atoms with Crippen molar-refractivity contribution in [3.63, 3.8) is 0 Å². The van der Waals surface area contributed by atoms with E-state index in [1.807, 2.05) is 17.7 Å². The summed E-state index contributed by atoms with van der Waals surface area (Å²) in [6.07, 6.45) is 7.92. The van der Waals surface area contributed by atoms with Gasteiger partial charge in [-0.15, -0.1) is 0 Å². The van der Waals surface area contributed by atoms with Crippen LogP contribution in [0.1, 0.15) is 57.7 Å². The summed E-state index contributed by atoms with van der Waals surface area (Å²) in [5.41, 5.74) is 1.53. The van der Waals surface area contributed by atoms with Crippen LogP contribution < -0.4 is 0 Å². The van der Waals surface area contributed by atoms with Crippen LogP contribution in [-0.2, 0) is 33.0 Å². The fourth-order valence-electron chi connectivity index (χ4n) is 5.48. The first kappa shape index (κ1) is 23.8. The molecule has 9 heteroatoms. The van der Waals surface area contributed by atoms with E-state index in [9.17, 15) is 13.2 Å². The number of morpholine rings is 1. The van der Waals surface area contributed by atoms with Crippen LogP contribution in [0.15, 0.2) is 23.1 Å². The third kappa shape index (κ3) is 4.75. The molecule has 1 saturated heterocycles. The number of amides is 1. The van der Waals surface area contributed by atoms with Crippen LogP contribution in [0.25, 0.3) is 11.0 Å². The van der Waals surface area contributed by atoms with Crippen LogP contribution in [0.2, 0.25) is 0 Å². The van der Waals surface area contributed by atoms with E-state index in [0.717, 1.165) is 42.9 Å². The molecule has 3 aliphatic rings. The minimum absolute atomic E-state index is 0.240. The van der Waals surface area contributed by atoms with Crippen LogP contribution >= 0.6 is 0 Å². The second-order valence-electron chi connectivity index (χ2n) is 10.2. The lowest BCUT2D eigenvalue weighted by Crippen LogP contribution is -2.43. The number of hydrogen-bond donors (Lipinski definition) is 0. The number of imidazole rings is 1. The van der Waals surface area contributed by atoms with Gasteiger partial charge < -0.3 is 14.2 Å². The van der Waals surface area contributed by atoms with Crippen molar-refractivity contribution in [2.24, 2.45) is 13.0 Å². The SMILES string of the molecule is CC1CCC(N(C(=O)CCc2nc3cc(S(=O)(=O)N4CCOCC4)ccc3n2C)C2CC2)CC1. The molecule has 0 radical (unpaired) electrons. The van der Waals surface area contributed by atoms with Gasteiger partial charge in [-0.2, -0.15) is 4.31 Å². The molecule has 8 nitrogen and oxygen atoms in total. The highest BCUT2D eigenvalue weighted by atomic mass is 32.2. The Morgan fingerprint density at radius 1 is 1.09 bits per heavy atom. The topological polar surface area (TPSA) is 84.7 Å². The van der Waals surface area contributed by atoms with Crippen LogP contribution in [0.4, 0.5) is 0 Å². The molecule has 1 aliphatic heterocycles.